The Bertz CT molecular complexity index is 788. The monoisotopic (exact) mass is 294 g/mol. The minimum Gasteiger partial charge on any atom is -0.443 e. The Hall–Kier alpha value is -1.58. The third kappa shape index (κ3) is 2.76. The van der Waals surface area contributed by atoms with Crippen LogP contribution in [0.2, 0.25) is 0 Å². The molecule has 21 heavy (non-hydrogen) atoms. The molecule has 0 atom stereocenters. The van der Waals surface area contributed by atoms with Gasteiger partial charge in [0.15, 0.2) is 0 Å². The molecule has 0 radical (unpaired) electrons. The van der Waals surface area contributed by atoms with Crippen molar-refractivity contribution in [3.8, 4) is 0 Å². The third-order valence-electron chi connectivity index (χ3n) is 3.06. The Morgan fingerprint density at radius 2 is 1.62 bits per heavy atom. The minimum atomic E-state index is -3.88. The zero-order valence-corrected chi connectivity index (χ0v) is 12.5. The average Bonchev–Trinajstić information content (AvgIpc) is 2.45. The molecule has 1 aliphatic rings. The first-order valence-electron chi connectivity index (χ1n) is 5.97. The number of aryl methyl sites for hydroxylation is 1. The number of amides is 1. The van der Waals surface area contributed by atoms with Crippen LogP contribution in [0.15, 0.2) is 53.4 Å². The van der Waals surface area contributed by atoms with Crippen molar-refractivity contribution in [2.45, 2.75) is 11.8 Å². The number of carbonyl (C=O) groups excluding carboxylic acids is 1. The number of rotatable bonds is 3. The molecule has 1 amide bonds. The topological polar surface area (TPSA) is 68.6 Å². The standard InChI is InChI=1S/C14H11N2O3S.Li/c1-10-6-8-11(9-7-10)20(18,19)15-16-13-5-3-2-4-12(13)14(16)17;/h2-9H,1H3;/q-1;+1. The van der Waals surface area contributed by atoms with Gasteiger partial charge in [-0.15, -0.1) is 0 Å². The van der Waals surface area contributed by atoms with Gasteiger partial charge < -0.3 is 9.84 Å². The van der Waals surface area contributed by atoms with Crippen LogP contribution in [-0.4, -0.2) is 14.3 Å². The number of fused-ring (bicyclic) bond motifs is 1. The number of para-hydroxylation sites is 1. The average molecular weight is 294 g/mol. The van der Waals surface area contributed by atoms with Crippen molar-refractivity contribution < 1.29 is 32.1 Å². The van der Waals surface area contributed by atoms with Crippen molar-refractivity contribution in [2.24, 2.45) is 0 Å². The number of anilines is 1. The second-order valence-electron chi connectivity index (χ2n) is 4.50. The number of hydrogen-bond donors (Lipinski definition) is 0. The summed E-state index contributed by atoms with van der Waals surface area (Å²) in [6.07, 6.45) is 0. The first-order chi connectivity index (χ1) is 9.49. The van der Waals surface area contributed by atoms with Crippen LogP contribution in [0, 0.1) is 6.92 Å². The zero-order valence-electron chi connectivity index (χ0n) is 11.6. The molecule has 0 saturated carbocycles. The van der Waals surface area contributed by atoms with Crippen LogP contribution in [0.4, 0.5) is 5.69 Å². The van der Waals surface area contributed by atoms with Crippen LogP contribution < -0.4 is 23.9 Å². The van der Waals surface area contributed by atoms with Crippen molar-refractivity contribution in [1.29, 1.82) is 0 Å². The van der Waals surface area contributed by atoms with E-state index in [1.807, 2.05) is 6.92 Å². The number of hydrogen-bond acceptors (Lipinski definition) is 3. The fraction of sp³-hybridized carbons (Fsp3) is 0.0714. The number of nitrogens with zero attached hydrogens (tertiary/aromatic N) is 2. The van der Waals surface area contributed by atoms with Crippen LogP contribution in [-0.2, 0) is 10.0 Å². The molecule has 7 heteroatoms. The van der Waals surface area contributed by atoms with Gasteiger partial charge in [0.05, 0.1) is 5.56 Å². The number of sulfonamides is 1. The van der Waals surface area contributed by atoms with E-state index in [4.69, 9.17) is 0 Å². The van der Waals surface area contributed by atoms with Gasteiger partial charge in [0.1, 0.15) is 10.0 Å². The fourth-order valence-electron chi connectivity index (χ4n) is 1.96. The van der Waals surface area contributed by atoms with Crippen LogP contribution in [0.25, 0.3) is 4.83 Å². The van der Waals surface area contributed by atoms with Gasteiger partial charge in [0.2, 0.25) is 5.91 Å². The maximum atomic E-state index is 12.1. The maximum Gasteiger partial charge on any atom is 1.00 e. The normalized spacial score (nSPS) is 13.2. The zero-order chi connectivity index (χ0) is 14.3. The van der Waals surface area contributed by atoms with Gasteiger partial charge in [-0.05, 0) is 31.2 Å². The van der Waals surface area contributed by atoms with E-state index < -0.39 is 15.9 Å². The van der Waals surface area contributed by atoms with E-state index in [9.17, 15) is 13.2 Å². The van der Waals surface area contributed by atoms with Gasteiger partial charge in [-0.3, -0.25) is 4.79 Å². The summed E-state index contributed by atoms with van der Waals surface area (Å²) in [6.45, 7) is 1.86. The van der Waals surface area contributed by atoms with Crippen molar-refractivity contribution >= 4 is 21.6 Å². The molecule has 2 aromatic rings. The molecule has 1 aliphatic heterocycles. The molecule has 2 aromatic carbocycles. The van der Waals surface area contributed by atoms with E-state index in [1.54, 1.807) is 36.4 Å². The summed E-state index contributed by atoms with van der Waals surface area (Å²) in [7, 11) is -3.88. The van der Waals surface area contributed by atoms with Crippen molar-refractivity contribution in [1.82, 2.24) is 0 Å². The van der Waals surface area contributed by atoms with Gasteiger partial charge in [-0.2, -0.15) is 0 Å². The molecule has 3 rings (SSSR count). The molecule has 0 fully saturated rings. The first-order valence-corrected chi connectivity index (χ1v) is 7.41. The Labute approximate surface area is 135 Å². The van der Waals surface area contributed by atoms with Gasteiger partial charge in [0.25, 0.3) is 0 Å². The summed E-state index contributed by atoms with van der Waals surface area (Å²) in [5, 5.41) is 0.921. The molecule has 0 aromatic heterocycles. The molecule has 0 N–H and O–H groups in total. The molecule has 5 nitrogen and oxygen atoms in total. The van der Waals surface area contributed by atoms with E-state index in [0.717, 1.165) is 10.6 Å². The number of carbonyl (C=O) groups is 1. The smallest absolute Gasteiger partial charge is 0.443 e. The van der Waals surface area contributed by atoms with E-state index in [1.165, 1.54) is 12.1 Å². The summed E-state index contributed by atoms with van der Waals surface area (Å²) in [4.78, 5) is 15.4. The van der Waals surface area contributed by atoms with Crippen molar-refractivity contribution in [3.05, 3.63) is 64.5 Å². The molecule has 0 aliphatic carbocycles. The van der Waals surface area contributed by atoms with E-state index in [-0.39, 0.29) is 23.8 Å². The second kappa shape index (κ2) is 5.66. The first kappa shape index (κ1) is 15.8. The summed E-state index contributed by atoms with van der Waals surface area (Å²) >= 11 is 0. The summed E-state index contributed by atoms with van der Waals surface area (Å²) in [6, 6.07) is 13.1. The molecular weight excluding hydrogens is 283 g/mol. The van der Waals surface area contributed by atoms with Crippen LogP contribution in [0.5, 0.6) is 0 Å². The fourth-order valence-corrected chi connectivity index (χ4v) is 2.91. The second-order valence-corrected chi connectivity index (χ2v) is 6.09. The van der Waals surface area contributed by atoms with Gasteiger partial charge >= 0.3 is 18.9 Å². The SMILES string of the molecule is Cc1ccc(S(=O)(=O)[N-]N2C(=O)c3ccccc32)cc1.[Li+]. The largest absolute Gasteiger partial charge is 1.00 e. The van der Waals surface area contributed by atoms with E-state index in [2.05, 4.69) is 4.83 Å². The molecule has 102 valence electrons. The van der Waals surface area contributed by atoms with Crippen LogP contribution in [0.3, 0.4) is 0 Å². The third-order valence-corrected chi connectivity index (χ3v) is 4.31. The van der Waals surface area contributed by atoms with Crippen molar-refractivity contribution in [3.63, 3.8) is 0 Å². The minimum absolute atomic E-state index is 0. The predicted molar refractivity (Wildman–Crippen MR) is 75.0 cm³/mol. The van der Waals surface area contributed by atoms with E-state index >= 15 is 0 Å². The summed E-state index contributed by atoms with van der Waals surface area (Å²) in [5.74, 6) is -0.406. The maximum absolute atomic E-state index is 12.1. The summed E-state index contributed by atoms with van der Waals surface area (Å²) < 4.78 is 24.3. The Morgan fingerprint density at radius 3 is 2.29 bits per heavy atom. The van der Waals surface area contributed by atoms with Gasteiger partial charge in [-0.25, -0.2) is 8.42 Å². The molecule has 0 saturated heterocycles. The molecule has 0 bridgehead atoms. The Morgan fingerprint density at radius 1 is 1.00 bits per heavy atom. The van der Waals surface area contributed by atoms with Crippen LogP contribution in [0.1, 0.15) is 15.9 Å². The van der Waals surface area contributed by atoms with Crippen LogP contribution >= 0.6 is 0 Å². The predicted octanol–water partition coefficient (Wildman–Crippen LogP) is -0.363. The van der Waals surface area contributed by atoms with E-state index in [0.29, 0.717) is 11.3 Å². The number of benzene rings is 2. The molecule has 1 heterocycles. The Balaban J connectivity index is 0.00000161. The summed E-state index contributed by atoms with van der Waals surface area (Å²) in [5.41, 5.74) is 1.94. The van der Waals surface area contributed by atoms with Gasteiger partial charge in [0, 0.05) is 10.6 Å². The Kier molecular flexibility index (Phi) is 4.26. The van der Waals surface area contributed by atoms with Crippen molar-refractivity contribution in [2.75, 3.05) is 5.01 Å². The molecular formula is C14H11LiN2O3S. The quantitative estimate of drug-likeness (QED) is 0.726. The van der Waals surface area contributed by atoms with Gasteiger partial charge in [-0.1, -0.05) is 29.8 Å². The molecule has 0 unspecified atom stereocenters. The molecule has 0 spiro atoms.